The largest absolute Gasteiger partial charge is 0.0840 e. The zero-order valence-corrected chi connectivity index (χ0v) is 16.0. The van der Waals surface area contributed by atoms with E-state index in [9.17, 15) is 0 Å². The molecule has 0 fully saturated rings. The lowest BCUT2D eigenvalue weighted by molar-refractivity contribution is 1.14. The van der Waals surface area contributed by atoms with Crippen molar-refractivity contribution < 1.29 is 0 Å². The van der Waals surface area contributed by atoms with E-state index < -0.39 is 0 Å². The van der Waals surface area contributed by atoms with Gasteiger partial charge < -0.3 is 0 Å². The standard InChI is InChI=1S/C15H12Br3Cl/c1-8-5-12(14(19)6-9(8)2)15(18)11-7-10(16)3-4-13(11)17/h3-7,15H,1-2H3. The summed E-state index contributed by atoms with van der Waals surface area (Å²) < 4.78 is 2.11. The van der Waals surface area contributed by atoms with E-state index in [1.165, 1.54) is 11.1 Å². The summed E-state index contributed by atoms with van der Waals surface area (Å²) in [5.74, 6) is 0. The predicted octanol–water partition coefficient (Wildman–Crippen LogP) is 6.97. The summed E-state index contributed by atoms with van der Waals surface area (Å²) in [6.07, 6.45) is 0. The van der Waals surface area contributed by atoms with Crippen molar-refractivity contribution in [2.24, 2.45) is 0 Å². The Hall–Kier alpha value is 0.170. The third kappa shape index (κ3) is 3.44. The molecule has 0 aliphatic rings. The van der Waals surface area contributed by atoms with Gasteiger partial charge in [0.05, 0.1) is 4.83 Å². The molecule has 0 radical (unpaired) electrons. The van der Waals surface area contributed by atoms with Crippen molar-refractivity contribution in [3.05, 3.63) is 66.6 Å². The number of aryl methyl sites for hydroxylation is 2. The second kappa shape index (κ2) is 6.30. The molecule has 0 saturated carbocycles. The number of rotatable bonds is 2. The summed E-state index contributed by atoms with van der Waals surface area (Å²) in [7, 11) is 0. The Morgan fingerprint density at radius 3 is 2.26 bits per heavy atom. The Balaban J connectivity index is 2.52. The summed E-state index contributed by atoms with van der Waals surface area (Å²) in [4.78, 5) is 0.0613. The SMILES string of the molecule is Cc1cc(Cl)c(C(Br)c2cc(Br)ccc2Br)cc1C. The van der Waals surface area contributed by atoms with Crippen LogP contribution in [-0.4, -0.2) is 0 Å². The minimum absolute atomic E-state index is 0.0613. The van der Waals surface area contributed by atoms with Crippen molar-refractivity contribution in [3.8, 4) is 0 Å². The van der Waals surface area contributed by atoms with Crippen LogP contribution in [0.3, 0.4) is 0 Å². The van der Waals surface area contributed by atoms with Crippen LogP contribution in [0.1, 0.15) is 27.1 Å². The molecule has 19 heavy (non-hydrogen) atoms. The van der Waals surface area contributed by atoms with Gasteiger partial charge in [-0.3, -0.25) is 0 Å². The van der Waals surface area contributed by atoms with Crippen molar-refractivity contribution in [1.29, 1.82) is 0 Å². The van der Waals surface area contributed by atoms with Gasteiger partial charge in [-0.1, -0.05) is 65.5 Å². The van der Waals surface area contributed by atoms with E-state index in [-0.39, 0.29) is 4.83 Å². The number of benzene rings is 2. The van der Waals surface area contributed by atoms with Crippen LogP contribution in [0.25, 0.3) is 0 Å². The molecule has 0 heterocycles. The van der Waals surface area contributed by atoms with Crippen LogP contribution in [0.4, 0.5) is 0 Å². The zero-order valence-electron chi connectivity index (χ0n) is 10.5. The smallest absolute Gasteiger partial charge is 0.0670 e. The van der Waals surface area contributed by atoms with Gasteiger partial charge in [0.15, 0.2) is 0 Å². The van der Waals surface area contributed by atoms with Crippen molar-refractivity contribution in [2.45, 2.75) is 18.7 Å². The summed E-state index contributed by atoms with van der Waals surface area (Å²) in [6, 6.07) is 10.3. The van der Waals surface area contributed by atoms with Gasteiger partial charge in [-0.25, -0.2) is 0 Å². The number of hydrogen-bond donors (Lipinski definition) is 0. The van der Waals surface area contributed by atoms with E-state index in [0.717, 1.165) is 25.1 Å². The molecule has 4 heteroatoms. The number of alkyl halides is 1. The van der Waals surface area contributed by atoms with E-state index >= 15 is 0 Å². The lowest BCUT2D eigenvalue weighted by atomic mass is 10.0. The fourth-order valence-corrected chi connectivity index (χ4v) is 4.25. The van der Waals surface area contributed by atoms with E-state index in [1.807, 2.05) is 18.2 Å². The Kier molecular flexibility index (Phi) is 5.15. The molecular weight excluding hydrogens is 455 g/mol. The minimum Gasteiger partial charge on any atom is -0.0840 e. The van der Waals surface area contributed by atoms with Crippen molar-refractivity contribution in [3.63, 3.8) is 0 Å². The fraction of sp³-hybridized carbons (Fsp3) is 0.200. The average molecular weight is 467 g/mol. The molecule has 2 aromatic rings. The van der Waals surface area contributed by atoms with E-state index in [0.29, 0.717) is 0 Å². The molecule has 0 aliphatic carbocycles. The van der Waals surface area contributed by atoms with Crippen molar-refractivity contribution >= 4 is 59.4 Å². The van der Waals surface area contributed by atoms with Crippen LogP contribution >= 0.6 is 59.4 Å². The molecule has 0 saturated heterocycles. The molecule has 1 atom stereocenters. The van der Waals surface area contributed by atoms with Gasteiger partial charge in [-0.05, 0) is 60.4 Å². The van der Waals surface area contributed by atoms with Crippen molar-refractivity contribution in [1.82, 2.24) is 0 Å². The summed E-state index contributed by atoms with van der Waals surface area (Å²) in [5.41, 5.74) is 4.69. The molecule has 0 bridgehead atoms. The maximum absolute atomic E-state index is 6.38. The summed E-state index contributed by atoms with van der Waals surface area (Å²) in [6.45, 7) is 4.17. The van der Waals surface area contributed by atoms with E-state index in [2.05, 4.69) is 73.8 Å². The summed E-state index contributed by atoms with van der Waals surface area (Å²) in [5, 5.41) is 0.789. The first-order valence-electron chi connectivity index (χ1n) is 5.76. The first-order valence-corrected chi connectivity index (χ1v) is 8.63. The Labute approximate surface area is 143 Å². The lowest BCUT2D eigenvalue weighted by Crippen LogP contribution is -1.97. The quantitative estimate of drug-likeness (QED) is 0.419. The van der Waals surface area contributed by atoms with Gasteiger partial charge in [0, 0.05) is 14.0 Å². The highest BCUT2D eigenvalue weighted by atomic mass is 79.9. The second-order valence-electron chi connectivity index (χ2n) is 4.49. The van der Waals surface area contributed by atoms with Crippen LogP contribution in [0.5, 0.6) is 0 Å². The van der Waals surface area contributed by atoms with Crippen LogP contribution in [-0.2, 0) is 0 Å². The van der Waals surface area contributed by atoms with Gasteiger partial charge in [0.25, 0.3) is 0 Å². The highest BCUT2D eigenvalue weighted by Gasteiger charge is 2.17. The highest BCUT2D eigenvalue weighted by molar-refractivity contribution is 9.11. The highest BCUT2D eigenvalue weighted by Crippen LogP contribution is 2.40. The molecule has 0 spiro atoms. The zero-order chi connectivity index (χ0) is 14.2. The van der Waals surface area contributed by atoms with Gasteiger partial charge in [0.1, 0.15) is 0 Å². The molecule has 0 nitrogen and oxygen atoms in total. The van der Waals surface area contributed by atoms with E-state index in [1.54, 1.807) is 0 Å². The lowest BCUT2D eigenvalue weighted by Gasteiger charge is -2.16. The third-order valence-corrected chi connectivity index (χ3v) is 5.65. The Bertz CT molecular complexity index is 623. The van der Waals surface area contributed by atoms with Crippen LogP contribution in [0.15, 0.2) is 39.3 Å². The van der Waals surface area contributed by atoms with Crippen LogP contribution < -0.4 is 0 Å². The summed E-state index contributed by atoms with van der Waals surface area (Å²) >= 11 is 17.2. The molecular formula is C15H12Br3Cl. The monoisotopic (exact) mass is 464 g/mol. The Morgan fingerprint density at radius 2 is 1.58 bits per heavy atom. The van der Waals surface area contributed by atoms with Gasteiger partial charge >= 0.3 is 0 Å². The van der Waals surface area contributed by atoms with Crippen molar-refractivity contribution in [2.75, 3.05) is 0 Å². The predicted molar refractivity (Wildman–Crippen MR) is 93.5 cm³/mol. The number of halogens is 4. The maximum atomic E-state index is 6.38. The molecule has 2 aromatic carbocycles. The maximum Gasteiger partial charge on any atom is 0.0670 e. The normalized spacial score (nSPS) is 12.5. The van der Waals surface area contributed by atoms with Gasteiger partial charge in [-0.2, -0.15) is 0 Å². The molecule has 0 amide bonds. The first kappa shape index (κ1) is 15.6. The molecule has 0 N–H and O–H groups in total. The number of hydrogen-bond acceptors (Lipinski definition) is 0. The minimum atomic E-state index is 0.0613. The van der Waals surface area contributed by atoms with Crippen LogP contribution in [0, 0.1) is 13.8 Å². The second-order valence-corrected chi connectivity index (χ2v) is 7.58. The molecule has 1 unspecified atom stereocenters. The van der Waals surface area contributed by atoms with Gasteiger partial charge in [0.2, 0.25) is 0 Å². The van der Waals surface area contributed by atoms with Crippen LogP contribution in [0.2, 0.25) is 5.02 Å². The molecule has 0 aliphatic heterocycles. The molecule has 0 aromatic heterocycles. The topological polar surface area (TPSA) is 0 Å². The average Bonchev–Trinajstić information content (AvgIpc) is 2.36. The first-order chi connectivity index (χ1) is 8.90. The third-order valence-electron chi connectivity index (χ3n) is 3.12. The van der Waals surface area contributed by atoms with Gasteiger partial charge in [-0.15, -0.1) is 0 Å². The Morgan fingerprint density at radius 1 is 0.947 bits per heavy atom. The van der Waals surface area contributed by atoms with E-state index in [4.69, 9.17) is 11.6 Å². The molecule has 2 rings (SSSR count). The molecule has 100 valence electrons. The fourth-order valence-electron chi connectivity index (χ4n) is 1.87.